The molecule has 17 heavy (non-hydrogen) atoms. The van der Waals surface area contributed by atoms with E-state index in [4.69, 9.17) is 4.74 Å². The standard InChI is InChI=1S/C13H13BrO3/c1-2-6-10-11(14)13(16,17-12(10)15)9-7-4-3-5-8-9/h3-5,7-8,16H,2,6H2,1H3. The third kappa shape index (κ3) is 2.03. The predicted molar refractivity (Wildman–Crippen MR) is 67.3 cm³/mol. The lowest BCUT2D eigenvalue weighted by Crippen LogP contribution is -2.26. The van der Waals surface area contributed by atoms with Gasteiger partial charge in [-0.1, -0.05) is 43.7 Å². The van der Waals surface area contributed by atoms with Crippen LogP contribution in [0.25, 0.3) is 0 Å². The maximum Gasteiger partial charge on any atom is 0.338 e. The minimum atomic E-state index is -1.66. The van der Waals surface area contributed by atoms with Gasteiger partial charge in [0.1, 0.15) is 0 Å². The lowest BCUT2D eigenvalue weighted by Gasteiger charge is -2.22. The topological polar surface area (TPSA) is 46.5 Å². The second-order valence-corrected chi connectivity index (χ2v) is 4.74. The molecule has 0 saturated carbocycles. The molecule has 1 atom stereocenters. The molecule has 1 aromatic carbocycles. The van der Waals surface area contributed by atoms with E-state index in [1.807, 2.05) is 13.0 Å². The number of carbonyl (C=O) groups is 1. The van der Waals surface area contributed by atoms with Crippen molar-refractivity contribution in [2.45, 2.75) is 25.6 Å². The molecule has 3 nitrogen and oxygen atoms in total. The second-order valence-electron chi connectivity index (χ2n) is 3.94. The van der Waals surface area contributed by atoms with Gasteiger partial charge < -0.3 is 9.84 Å². The summed E-state index contributed by atoms with van der Waals surface area (Å²) in [5.41, 5.74) is 1.06. The average molecular weight is 297 g/mol. The van der Waals surface area contributed by atoms with Gasteiger partial charge in [0.25, 0.3) is 5.79 Å². The van der Waals surface area contributed by atoms with E-state index < -0.39 is 11.8 Å². The Kier molecular flexibility index (Phi) is 3.35. The first kappa shape index (κ1) is 12.3. The van der Waals surface area contributed by atoms with E-state index in [0.717, 1.165) is 6.42 Å². The SMILES string of the molecule is CCCC1=C(Br)C(O)(c2ccccc2)OC1=O. The number of aliphatic hydroxyl groups is 1. The van der Waals surface area contributed by atoms with E-state index in [2.05, 4.69) is 15.9 Å². The molecule has 1 heterocycles. The molecule has 1 aliphatic rings. The molecule has 1 N–H and O–H groups in total. The van der Waals surface area contributed by atoms with Crippen molar-refractivity contribution in [3.05, 3.63) is 46.0 Å². The Morgan fingerprint density at radius 3 is 2.59 bits per heavy atom. The molecule has 0 aliphatic carbocycles. The van der Waals surface area contributed by atoms with Crippen LogP contribution in [0.5, 0.6) is 0 Å². The van der Waals surface area contributed by atoms with Gasteiger partial charge in [0.2, 0.25) is 0 Å². The van der Waals surface area contributed by atoms with Crippen LogP contribution < -0.4 is 0 Å². The van der Waals surface area contributed by atoms with Crippen LogP contribution in [0, 0.1) is 0 Å². The summed E-state index contributed by atoms with van der Waals surface area (Å²) in [6.45, 7) is 1.97. The van der Waals surface area contributed by atoms with Crippen LogP contribution in [0.1, 0.15) is 25.3 Å². The molecule has 90 valence electrons. The van der Waals surface area contributed by atoms with Crippen LogP contribution in [0.3, 0.4) is 0 Å². The van der Waals surface area contributed by atoms with Crippen LogP contribution >= 0.6 is 15.9 Å². The van der Waals surface area contributed by atoms with Gasteiger partial charge in [-0.05, 0) is 22.4 Å². The third-order valence-corrected chi connectivity index (χ3v) is 3.73. The molecule has 2 rings (SSSR count). The van der Waals surface area contributed by atoms with Gasteiger partial charge in [0.05, 0.1) is 10.1 Å². The van der Waals surface area contributed by atoms with Gasteiger partial charge in [0.15, 0.2) is 0 Å². The van der Waals surface area contributed by atoms with Crippen molar-refractivity contribution < 1.29 is 14.6 Å². The highest BCUT2D eigenvalue weighted by Gasteiger charge is 2.46. The lowest BCUT2D eigenvalue weighted by molar-refractivity contribution is -0.183. The van der Waals surface area contributed by atoms with Crippen LogP contribution in [-0.2, 0) is 15.3 Å². The van der Waals surface area contributed by atoms with Crippen molar-refractivity contribution in [2.24, 2.45) is 0 Å². The van der Waals surface area contributed by atoms with E-state index in [1.54, 1.807) is 24.3 Å². The summed E-state index contributed by atoms with van der Waals surface area (Å²) in [4.78, 5) is 11.7. The Hall–Kier alpha value is -1.13. The van der Waals surface area contributed by atoms with Crippen LogP contribution in [-0.4, -0.2) is 11.1 Å². The number of cyclic esters (lactones) is 1. The van der Waals surface area contributed by atoms with Gasteiger partial charge in [-0.25, -0.2) is 4.79 Å². The monoisotopic (exact) mass is 296 g/mol. The zero-order valence-electron chi connectivity index (χ0n) is 9.44. The van der Waals surface area contributed by atoms with Gasteiger partial charge in [-0.2, -0.15) is 0 Å². The molecule has 0 bridgehead atoms. The van der Waals surface area contributed by atoms with Crippen molar-refractivity contribution in [3.8, 4) is 0 Å². The quantitative estimate of drug-likeness (QED) is 0.873. The molecule has 0 fully saturated rings. The van der Waals surface area contributed by atoms with Crippen LogP contribution in [0.15, 0.2) is 40.4 Å². The molecule has 1 unspecified atom stereocenters. The Morgan fingerprint density at radius 2 is 2.00 bits per heavy atom. The molecule has 0 aromatic heterocycles. The third-order valence-electron chi connectivity index (χ3n) is 2.71. The van der Waals surface area contributed by atoms with Gasteiger partial charge in [0, 0.05) is 5.56 Å². The van der Waals surface area contributed by atoms with E-state index in [1.165, 1.54) is 0 Å². The second kappa shape index (κ2) is 4.63. The number of hydrogen-bond donors (Lipinski definition) is 1. The Balaban J connectivity index is 2.44. The van der Waals surface area contributed by atoms with E-state index in [9.17, 15) is 9.90 Å². The fourth-order valence-corrected chi connectivity index (χ4v) is 2.52. The predicted octanol–water partition coefficient (Wildman–Crippen LogP) is 2.84. The average Bonchev–Trinajstić information content (AvgIpc) is 2.56. The first-order valence-corrected chi connectivity index (χ1v) is 6.29. The summed E-state index contributed by atoms with van der Waals surface area (Å²) in [6, 6.07) is 8.87. The van der Waals surface area contributed by atoms with E-state index in [-0.39, 0.29) is 0 Å². The van der Waals surface area contributed by atoms with Gasteiger partial charge in [-0.3, -0.25) is 0 Å². The fraction of sp³-hybridized carbons (Fsp3) is 0.308. The summed E-state index contributed by atoms with van der Waals surface area (Å²) < 4.78 is 5.53. The summed E-state index contributed by atoms with van der Waals surface area (Å²) >= 11 is 3.29. The highest BCUT2D eigenvalue weighted by molar-refractivity contribution is 9.11. The van der Waals surface area contributed by atoms with Crippen molar-refractivity contribution >= 4 is 21.9 Å². The number of benzene rings is 1. The van der Waals surface area contributed by atoms with Gasteiger partial charge in [-0.15, -0.1) is 0 Å². The molecule has 1 aromatic rings. The number of hydrogen-bond acceptors (Lipinski definition) is 3. The molecule has 1 aliphatic heterocycles. The molecule has 0 spiro atoms. The Morgan fingerprint density at radius 1 is 1.35 bits per heavy atom. The number of rotatable bonds is 3. The van der Waals surface area contributed by atoms with Crippen LogP contribution in [0.4, 0.5) is 0 Å². The Bertz CT molecular complexity index is 467. The molecule has 0 saturated heterocycles. The molecule has 4 heteroatoms. The van der Waals surface area contributed by atoms with E-state index >= 15 is 0 Å². The largest absolute Gasteiger partial charge is 0.420 e. The van der Waals surface area contributed by atoms with Crippen molar-refractivity contribution in [1.82, 2.24) is 0 Å². The number of carbonyl (C=O) groups excluding carboxylic acids is 1. The summed E-state index contributed by atoms with van der Waals surface area (Å²) in [7, 11) is 0. The fourth-order valence-electron chi connectivity index (χ4n) is 1.85. The molecular formula is C13H13BrO3. The normalized spacial score (nSPS) is 24.1. The van der Waals surface area contributed by atoms with Crippen LogP contribution in [0.2, 0.25) is 0 Å². The Labute approximate surface area is 108 Å². The summed E-state index contributed by atoms with van der Waals surface area (Å²) in [5.74, 6) is -2.12. The van der Waals surface area contributed by atoms with E-state index in [0.29, 0.717) is 22.0 Å². The number of esters is 1. The van der Waals surface area contributed by atoms with Crippen molar-refractivity contribution in [3.63, 3.8) is 0 Å². The lowest BCUT2D eigenvalue weighted by atomic mass is 10.0. The number of halogens is 1. The van der Waals surface area contributed by atoms with Crippen molar-refractivity contribution in [2.75, 3.05) is 0 Å². The first-order valence-electron chi connectivity index (χ1n) is 5.50. The highest BCUT2D eigenvalue weighted by atomic mass is 79.9. The first-order chi connectivity index (χ1) is 8.09. The highest BCUT2D eigenvalue weighted by Crippen LogP contribution is 2.43. The summed E-state index contributed by atoms with van der Waals surface area (Å²) in [5, 5.41) is 10.5. The van der Waals surface area contributed by atoms with Gasteiger partial charge >= 0.3 is 5.97 Å². The number of ether oxygens (including phenoxy) is 1. The summed E-state index contributed by atoms with van der Waals surface area (Å²) in [6.07, 6.45) is 1.42. The van der Waals surface area contributed by atoms with Crippen molar-refractivity contribution in [1.29, 1.82) is 0 Å². The molecular weight excluding hydrogens is 284 g/mol. The minimum Gasteiger partial charge on any atom is -0.420 e. The zero-order chi connectivity index (χ0) is 12.5. The molecule has 0 amide bonds. The maximum atomic E-state index is 11.7. The zero-order valence-corrected chi connectivity index (χ0v) is 11.0. The maximum absolute atomic E-state index is 11.7. The molecule has 0 radical (unpaired) electrons. The minimum absolute atomic E-state index is 0.419. The smallest absolute Gasteiger partial charge is 0.338 e.